The van der Waals surface area contributed by atoms with Gasteiger partial charge >= 0.3 is 0 Å². The Morgan fingerprint density at radius 1 is 1.07 bits per heavy atom. The lowest BCUT2D eigenvalue weighted by Gasteiger charge is -2.11. The lowest BCUT2D eigenvalue weighted by atomic mass is 10.1. The van der Waals surface area contributed by atoms with Crippen molar-refractivity contribution < 1.29 is 9.47 Å². The first-order valence-corrected chi connectivity index (χ1v) is 9.29. The molecule has 29 heavy (non-hydrogen) atoms. The van der Waals surface area contributed by atoms with E-state index in [1.54, 1.807) is 6.20 Å². The molecule has 0 fully saturated rings. The Hall–Kier alpha value is -2.75. The number of rotatable bonds is 5. The van der Waals surface area contributed by atoms with Crippen molar-refractivity contribution in [3.05, 3.63) is 72.1 Å². The molecule has 0 saturated heterocycles. The van der Waals surface area contributed by atoms with Gasteiger partial charge in [-0.3, -0.25) is 4.68 Å². The molecule has 4 rings (SSSR count). The summed E-state index contributed by atoms with van der Waals surface area (Å²) in [6.45, 7) is 2.50. The molecule has 2 aromatic carbocycles. The van der Waals surface area contributed by atoms with Gasteiger partial charge < -0.3 is 20.5 Å². The van der Waals surface area contributed by atoms with Crippen LogP contribution in [-0.4, -0.2) is 29.0 Å². The maximum Gasteiger partial charge on any atom is 0.193 e. The highest BCUT2D eigenvalue weighted by Crippen LogP contribution is 2.32. The van der Waals surface area contributed by atoms with Crippen molar-refractivity contribution in [1.82, 2.24) is 9.78 Å². The van der Waals surface area contributed by atoms with E-state index in [1.807, 2.05) is 47.3 Å². The number of hydrogen-bond donors (Lipinski definition) is 2. The van der Waals surface area contributed by atoms with Crippen LogP contribution in [0.4, 0.5) is 5.69 Å². The molecule has 0 saturated carbocycles. The molecule has 0 radical (unpaired) electrons. The second kappa shape index (κ2) is 10.1. The molecule has 0 bridgehead atoms. The molecule has 3 N–H and O–H groups in total. The fraction of sp³-hybridized carbons (Fsp3) is 0.238. The summed E-state index contributed by atoms with van der Waals surface area (Å²) in [7, 11) is 0. The smallest absolute Gasteiger partial charge is 0.193 e. The number of aromatic nitrogens is 2. The van der Waals surface area contributed by atoms with E-state index in [0.717, 1.165) is 29.2 Å². The quantitative estimate of drug-likeness (QED) is 0.314. The number of nitrogens with zero attached hydrogens (tertiary/aromatic N) is 3. The van der Waals surface area contributed by atoms with E-state index in [-0.39, 0.29) is 24.0 Å². The van der Waals surface area contributed by atoms with Gasteiger partial charge in [0.1, 0.15) is 0 Å². The van der Waals surface area contributed by atoms with Crippen molar-refractivity contribution in [1.29, 1.82) is 0 Å². The maximum atomic E-state index is 6.10. The minimum Gasteiger partial charge on any atom is -0.490 e. The Morgan fingerprint density at radius 2 is 1.86 bits per heavy atom. The highest BCUT2D eigenvalue weighted by molar-refractivity contribution is 14.0. The lowest BCUT2D eigenvalue weighted by molar-refractivity contribution is 0.297. The first-order valence-electron chi connectivity index (χ1n) is 9.29. The molecule has 152 valence electrons. The van der Waals surface area contributed by atoms with Crippen molar-refractivity contribution in [2.45, 2.75) is 19.5 Å². The zero-order chi connectivity index (χ0) is 19.2. The van der Waals surface area contributed by atoms with E-state index in [1.165, 1.54) is 5.56 Å². The summed E-state index contributed by atoms with van der Waals surface area (Å²) >= 11 is 0. The van der Waals surface area contributed by atoms with Gasteiger partial charge in [-0.1, -0.05) is 24.3 Å². The van der Waals surface area contributed by atoms with Gasteiger partial charge in [-0.05, 0) is 29.3 Å². The van der Waals surface area contributed by atoms with Crippen molar-refractivity contribution in [3.8, 4) is 11.5 Å². The number of fused-ring (bicyclic) bond motifs is 1. The van der Waals surface area contributed by atoms with Gasteiger partial charge in [0.25, 0.3) is 0 Å². The number of hydrogen-bond acceptors (Lipinski definition) is 4. The van der Waals surface area contributed by atoms with Gasteiger partial charge in [0.15, 0.2) is 17.5 Å². The predicted molar refractivity (Wildman–Crippen MR) is 124 cm³/mol. The summed E-state index contributed by atoms with van der Waals surface area (Å²) in [5.41, 5.74) is 9.19. The highest BCUT2D eigenvalue weighted by Gasteiger charge is 2.11. The molecule has 0 amide bonds. The van der Waals surface area contributed by atoms with E-state index in [9.17, 15) is 0 Å². The number of nitrogens with two attached hydrogens (primary N) is 1. The highest BCUT2D eigenvalue weighted by atomic mass is 127. The van der Waals surface area contributed by atoms with Crippen LogP contribution in [-0.2, 0) is 13.1 Å². The van der Waals surface area contributed by atoms with Gasteiger partial charge in [-0.25, -0.2) is 4.99 Å². The van der Waals surface area contributed by atoms with Crippen LogP contribution in [0.5, 0.6) is 11.5 Å². The zero-order valence-corrected chi connectivity index (χ0v) is 18.3. The van der Waals surface area contributed by atoms with Crippen LogP contribution in [0.15, 0.2) is 65.9 Å². The molecule has 0 atom stereocenters. The zero-order valence-electron chi connectivity index (χ0n) is 16.0. The molecule has 7 nitrogen and oxygen atoms in total. The fourth-order valence-corrected chi connectivity index (χ4v) is 3.03. The van der Waals surface area contributed by atoms with Gasteiger partial charge in [0.2, 0.25) is 0 Å². The molecule has 3 aromatic rings. The average molecular weight is 505 g/mol. The third kappa shape index (κ3) is 5.63. The average Bonchev–Trinajstić information content (AvgIpc) is 3.10. The Morgan fingerprint density at radius 3 is 2.66 bits per heavy atom. The van der Waals surface area contributed by atoms with Crippen LogP contribution < -0.4 is 20.5 Å². The Balaban J connectivity index is 0.00000240. The second-order valence-electron chi connectivity index (χ2n) is 6.51. The Labute approximate surface area is 186 Å². The third-order valence-corrected chi connectivity index (χ3v) is 4.45. The summed E-state index contributed by atoms with van der Waals surface area (Å²) in [4.78, 5) is 4.49. The second-order valence-corrected chi connectivity index (χ2v) is 6.51. The van der Waals surface area contributed by atoms with E-state index < -0.39 is 0 Å². The summed E-state index contributed by atoms with van der Waals surface area (Å²) in [6, 6.07) is 15.8. The summed E-state index contributed by atoms with van der Waals surface area (Å²) in [6.07, 6.45) is 4.59. The van der Waals surface area contributed by atoms with Crippen LogP contribution in [0.25, 0.3) is 0 Å². The summed E-state index contributed by atoms with van der Waals surface area (Å²) in [5.74, 6) is 1.83. The molecule has 1 aromatic heterocycles. The third-order valence-electron chi connectivity index (χ3n) is 4.45. The first kappa shape index (κ1) is 21.0. The van der Waals surface area contributed by atoms with Crippen molar-refractivity contribution in [2.75, 3.05) is 18.5 Å². The van der Waals surface area contributed by atoms with Gasteiger partial charge in [-0.2, -0.15) is 5.10 Å². The standard InChI is InChI=1S/C21H23N5O2.HI/c22-21(25-18-7-8-19-20(13-18)28-12-4-11-27-19)23-14-16-5-1-2-6-17(16)15-26-10-3-9-24-26;/h1-3,5-10,13H,4,11-12,14-15H2,(H3,22,23,25);1H. The molecule has 8 heteroatoms. The van der Waals surface area contributed by atoms with Crippen molar-refractivity contribution in [2.24, 2.45) is 10.7 Å². The number of benzene rings is 2. The lowest BCUT2D eigenvalue weighted by Crippen LogP contribution is -2.22. The predicted octanol–water partition coefficient (Wildman–Crippen LogP) is 3.64. The molecular formula is C21H24IN5O2. The molecule has 0 spiro atoms. The summed E-state index contributed by atoms with van der Waals surface area (Å²) < 4.78 is 13.3. The normalized spacial score (nSPS) is 13.3. The van der Waals surface area contributed by atoms with E-state index >= 15 is 0 Å². The van der Waals surface area contributed by atoms with E-state index in [4.69, 9.17) is 15.2 Å². The number of aliphatic imine (C=N–C) groups is 1. The number of halogens is 1. The number of ether oxygens (including phenoxy) is 2. The van der Waals surface area contributed by atoms with Crippen molar-refractivity contribution >= 4 is 35.6 Å². The molecule has 0 unspecified atom stereocenters. The van der Waals surface area contributed by atoms with Crippen LogP contribution >= 0.6 is 24.0 Å². The molecule has 2 heterocycles. The van der Waals surface area contributed by atoms with Crippen LogP contribution in [0, 0.1) is 0 Å². The van der Waals surface area contributed by atoms with E-state index in [0.29, 0.717) is 32.3 Å². The van der Waals surface area contributed by atoms with Gasteiger partial charge in [0.05, 0.1) is 26.3 Å². The van der Waals surface area contributed by atoms with Gasteiger partial charge in [0, 0.05) is 30.6 Å². The SMILES string of the molecule is I.NC(=NCc1ccccc1Cn1cccn1)Nc1ccc2c(c1)OCCCO2. The van der Waals surface area contributed by atoms with Crippen LogP contribution in [0.3, 0.4) is 0 Å². The monoisotopic (exact) mass is 505 g/mol. The first-order chi connectivity index (χ1) is 13.8. The summed E-state index contributed by atoms with van der Waals surface area (Å²) in [5, 5.41) is 7.39. The minimum absolute atomic E-state index is 0. The molecule has 1 aliphatic heterocycles. The van der Waals surface area contributed by atoms with Crippen LogP contribution in [0.2, 0.25) is 0 Å². The number of anilines is 1. The molecule has 1 aliphatic rings. The number of nitrogens with one attached hydrogen (secondary N) is 1. The van der Waals surface area contributed by atoms with Crippen LogP contribution in [0.1, 0.15) is 17.5 Å². The van der Waals surface area contributed by atoms with Crippen molar-refractivity contribution in [3.63, 3.8) is 0 Å². The van der Waals surface area contributed by atoms with Gasteiger partial charge in [-0.15, -0.1) is 24.0 Å². The topological polar surface area (TPSA) is 86.7 Å². The maximum absolute atomic E-state index is 6.10. The largest absolute Gasteiger partial charge is 0.490 e. The fourth-order valence-electron chi connectivity index (χ4n) is 3.03. The number of guanidine groups is 1. The van der Waals surface area contributed by atoms with E-state index in [2.05, 4.69) is 27.5 Å². The molecular weight excluding hydrogens is 481 g/mol. The molecule has 0 aliphatic carbocycles. The minimum atomic E-state index is 0. The Kier molecular flexibility index (Phi) is 7.34. The Bertz CT molecular complexity index is 959.